The van der Waals surface area contributed by atoms with Crippen LogP contribution in [0.25, 0.3) is 10.2 Å². The van der Waals surface area contributed by atoms with Crippen molar-refractivity contribution in [1.29, 1.82) is 0 Å². The van der Waals surface area contributed by atoms with Gasteiger partial charge in [0.1, 0.15) is 5.75 Å². The van der Waals surface area contributed by atoms with Crippen molar-refractivity contribution in [3.8, 4) is 5.75 Å². The summed E-state index contributed by atoms with van der Waals surface area (Å²) in [6.07, 6.45) is 2.09. The minimum absolute atomic E-state index is 0.0841. The fourth-order valence-corrected chi connectivity index (χ4v) is 4.69. The summed E-state index contributed by atoms with van der Waals surface area (Å²) in [7, 11) is 0. The molecule has 2 aromatic carbocycles. The normalized spacial score (nSPS) is 17.2. The maximum atomic E-state index is 13.1. The van der Waals surface area contributed by atoms with Crippen molar-refractivity contribution >= 4 is 27.5 Å². The Morgan fingerprint density at radius 2 is 2.11 bits per heavy atom. The Morgan fingerprint density at radius 1 is 1.25 bits per heavy atom. The molecule has 4 nitrogen and oxygen atoms in total. The quantitative estimate of drug-likeness (QED) is 0.586. The number of amides is 1. The number of para-hydroxylation sites is 1. The summed E-state index contributed by atoms with van der Waals surface area (Å²) in [6, 6.07) is 15.8. The third-order valence-electron chi connectivity index (χ3n) is 5.03. The zero-order valence-corrected chi connectivity index (χ0v) is 17.2. The molecule has 1 aliphatic rings. The summed E-state index contributed by atoms with van der Waals surface area (Å²) in [6.45, 7) is 6.42. The number of piperidine rings is 1. The number of likely N-dealkylation sites (tertiary alicyclic amines) is 1. The van der Waals surface area contributed by atoms with E-state index in [1.807, 2.05) is 35.2 Å². The molecule has 0 unspecified atom stereocenters. The minimum atomic E-state index is 0.0841. The molecule has 0 bridgehead atoms. The summed E-state index contributed by atoms with van der Waals surface area (Å²) in [5, 5.41) is 1.15. The highest BCUT2D eigenvalue weighted by Gasteiger charge is 2.27. The van der Waals surface area contributed by atoms with Crippen LogP contribution < -0.4 is 4.74 Å². The number of benzene rings is 2. The van der Waals surface area contributed by atoms with Crippen molar-refractivity contribution < 1.29 is 9.53 Å². The van der Waals surface area contributed by atoms with E-state index >= 15 is 0 Å². The van der Waals surface area contributed by atoms with E-state index in [0.29, 0.717) is 24.0 Å². The predicted octanol–water partition coefficient (Wildman–Crippen LogP) is 5.35. The molecule has 1 fully saturated rings. The average molecular weight is 395 g/mol. The van der Waals surface area contributed by atoms with Crippen molar-refractivity contribution in [1.82, 2.24) is 9.88 Å². The molecule has 0 radical (unpaired) electrons. The van der Waals surface area contributed by atoms with Gasteiger partial charge < -0.3 is 9.64 Å². The molecular formula is C23H26N2O2S. The van der Waals surface area contributed by atoms with Gasteiger partial charge in [-0.3, -0.25) is 4.79 Å². The first-order chi connectivity index (χ1) is 13.6. The molecule has 1 saturated heterocycles. The number of carbonyl (C=O) groups excluding carboxylic acids is 1. The molecule has 1 aliphatic heterocycles. The average Bonchev–Trinajstić information content (AvgIpc) is 3.16. The molecule has 146 valence electrons. The van der Waals surface area contributed by atoms with E-state index in [9.17, 15) is 4.79 Å². The van der Waals surface area contributed by atoms with Gasteiger partial charge in [-0.25, -0.2) is 4.98 Å². The van der Waals surface area contributed by atoms with Crippen LogP contribution in [0.15, 0.2) is 48.5 Å². The van der Waals surface area contributed by atoms with Crippen molar-refractivity contribution in [3.05, 3.63) is 59.1 Å². The van der Waals surface area contributed by atoms with E-state index in [0.717, 1.165) is 42.2 Å². The molecule has 0 N–H and O–H groups in total. The fourth-order valence-electron chi connectivity index (χ4n) is 3.59. The monoisotopic (exact) mass is 394 g/mol. The van der Waals surface area contributed by atoms with E-state index in [-0.39, 0.29) is 5.91 Å². The molecule has 1 aromatic heterocycles. The summed E-state index contributed by atoms with van der Waals surface area (Å²) in [5.41, 5.74) is 1.76. The lowest BCUT2D eigenvalue weighted by Crippen LogP contribution is -2.39. The number of hydrogen-bond donors (Lipinski definition) is 0. The zero-order valence-electron chi connectivity index (χ0n) is 16.4. The molecule has 5 heteroatoms. The van der Waals surface area contributed by atoms with E-state index in [4.69, 9.17) is 9.72 Å². The third kappa shape index (κ3) is 4.20. The van der Waals surface area contributed by atoms with Crippen molar-refractivity contribution in [2.75, 3.05) is 19.7 Å². The van der Waals surface area contributed by atoms with Gasteiger partial charge in [-0.2, -0.15) is 0 Å². The number of hydrogen-bond acceptors (Lipinski definition) is 4. The Balaban J connectivity index is 1.48. The Hall–Kier alpha value is -2.40. The standard InChI is InChI=1S/C23H26N2O2S/c1-16(2)15-27-19-9-5-7-17(13-19)23(26)25-12-6-8-18(14-25)22-24-20-10-3-4-11-21(20)28-22/h3-5,7,9-11,13,16,18H,6,8,12,14-15H2,1-2H3/t18-/m1/s1. The molecular weight excluding hydrogens is 368 g/mol. The van der Waals surface area contributed by atoms with Gasteiger partial charge in [0.05, 0.1) is 21.8 Å². The van der Waals surface area contributed by atoms with Gasteiger partial charge in [0.25, 0.3) is 5.91 Å². The largest absolute Gasteiger partial charge is 0.493 e. The molecule has 1 amide bonds. The van der Waals surface area contributed by atoms with Gasteiger partial charge in [-0.1, -0.05) is 32.0 Å². The second-order valence-electron chi connectivity index (χ2n) is 7.84. The Morgan fingerprint density at radius 3 is 2.93 bits per heavy atom. The maximum Gasteiger partial charge on any atom is 0.254 e. The maximum absolute atomic E-state index is 13.1. The number of nitrogens with zero attached hydrogens (tertiary/aromatic N) is 2. The number of fused-ring (bicyclic) bond motifs is 1. The van der Waals surface area contributed by atoms with Crippen LogP contribution in [0, 0.1) is 5.92 Å². The smallest absolute Gasteiger partial charge is 0.254 e. The summed E-state index contributed by atoms with van der Waals surface area (Å²) >= 11 is 1.76. The summed E-state index contributed by atoms with van der Waals surface area (Å²) in [5.74, 6) is 1.62. The number of ether oxygens (including phenoxy) is 1. The van der Waals surface area contributed by atoms with Crippen LogP contribution in [-0.4, -0.2) is 35.5 Å². The van der Waals surface area contributed by atoms with Crippen molar-refractivity contribution in [2.24, 2.45) is 5.92 Å². The number of rotatable bonds is 5. The van der Waals surface area contributed by atoms with Crippen LogP contribution in [-0.2, 0) is 0 Å². The number of carbonyl (C=O) groups is 1. The van der Waals surface area contributed by atoms with Gasteiger partial charge >= 0.3 is 0 Å². The highest BCUT2D eigenvalue weighted by Crippen LogP contribution is 2.33. The van der Waals surface area contributed by atoms with Crippen LogP contribution in [0.1, 0.15) is 48.0 Å². The molecule has 1 atom stereocenters. The number of thiazole rings is 1. The van der Waals surface area contributed by atoms with Crippen LogP contribution in [0.2, 0.25) is 0 Å². The lowest BCUT2D eigenvalue weighted by Gasteiger charge is -2.32. The van der Waals surface area contributed by atoms with Gasteiger partial charge in [0.15, 0.2) is 0 Å². The van der Waals surface area contributed by atoms with E-state index < -0.39 is 0 Å². The van der Waals surface area contributed by atoms with E-state index in [2.05, 4.69) is 32.0 Å². The lowest BCUT2D eigenvalue weighted by atomic mass is 9.98. The molecule has 2 heterocycles. The Labute approximate surface area is 170 Å². The van der Waals surface area contributed by atoms with Gasteiger partial charge in [-0.15, -0.1) is 11.3 Å². The van der Waals surface area contributed by atoms with Crippen LogP contribution in [0.4, 0.5) is 0 Å². The topological polar surface area (TPSA) is 42.4 Å². The second-order valence-corrected chi connectivity index (χ2v) is 8.91. The third-order valence-corrected chi connectivity index (χ3v) is 6.23. The second kappa shape index (κ2) is 8.31. The predicted molar refractivity (Wildman–Crippen MR) is 114 cm³/mol. The van der Waals surface area contributed by atoms with Gasteiger partial charge in [-0.05, 0) is 49.1 Å². The molecule has 28 heavy (non-hydrogen) atoms. The van der Waals surface area contributed by atoms with Gasteiger partial charge in [0, 0.05) is 24.6 Å². The first-order valence-electron chi connectivity index (χ1n) is 9.98. The zero-order chi connectivity index (χ0) is 19.5. The van der Waals surface area contributed by atoms with Crippen molar-refractivity contribution in [2.45, 2.75) is 32.6 Å². The van der Waals surface area contributed by atoms with Crippen LogP contribution in [0.3, 0.4) is 0 Å². The molecule has 0 aliphatic carbocycles. The highest BCUT2D eigenvalue weighted by molar-refractivity contribution is 7.18. The first kappa shape index (κ1) is 18.9. The molecule has 0 spiro atoms. The summed E-state index contributed by atoms with van der Waals surface area (Å²) < 4.78 is 7.01. The number of aromatic nitrogens is 1. The summed E-state index contributed by atoms with van der Waals surface area (Å²) in [4.78, 5) is 19.9. The molecule has 3 aromatic rings. The van der Waals surface area contributed by atoms with Crippen LogP contribution in [0.5, 0.6) is 5.75 Å². The Bertz CT molecular complexity index is 933. The van der Waals surface area contributed by atoms with Gasteiger partial charge in [0.2, 0.25) is 0 Å². The van der Waals surface area contributed by atoms with E-state index in [1.54, 1.807) is 11.3 Å². The molecule has 0 saturated carbocycles. The van der Waals surface area contributed by atoms with E-state index in [1.165, 1.54) is 4.70 Å². The fraction of sp³-hybridized carbons (Fsp3) is 0.391. The molecule has 4 rings (SSSR count). The SMILES string of the molecule is CC(C)COc1cccc(C(=O)N2CCC[C@@H](c3nc4ccccc4s3)C2)c1. The lowest BCUT2D eigenvalue weighted by molar-refractivity contribution is 0.0706. The van der Waals surface area contributed by atoms with Crippen molar-refractivity contribution in [3.63, 3.8) is 0 Å². The van der Waals surface area contributed by atoms with Crippen LogP contribution >= 0.6 is 11.3 Å². The Kier molecular flexibility index (Phi) is 5.62. The highest BCUT2D eigenvalue weighted by atomic mass is 32.1. The minimum Gasteiger partial charge on any atom is -0.493 e. The first-order valence-corrected chi connectivity index (χ1v) is 10.8.